The largest absolute Gasteiger partial charge is 0.355 e. The lowest BCUT2D eigenvalue weighted by Gasteiger charge is -2.15. The van der Waals surface area contributed by atoms with Gasteiger partial charge in [-0.25, -0.2) is 4.98 Å². The minimum absolute atomic E-state index is 0.0381. The van der Waals surface area contributed by atoms with Crippen LogP contribution in [-0.4, -0.2) is 27.8 Å². The van der Waals surface area contributed by atoms with E-state index in [-0.39, 0.29) is 17.2 Å². The highest BCUT2D eigenvalue weighted by Gasteiger charge is 2.20. The first-order chi connectivity index (χ1) is 13.8. The van der Waals surface area contributed by atoms with Crippen LogP contribution in [0.25, 0.3) is 15.9 Å². The number of aryl methyl sites for hydroxylation is 3. The van der Waals surface area contributed by atoms with E-state index in [0.29, 0.717) is 17.1 Å². The topological polar surface area (TPSA) is 64.0 Å². The number of benzene rings is 1. The van der Waals surface area contributed by atoms with Gasteiger partial charge in [0.05, 0.1) is 16.8 Å². The second-order valence-corrected chi connectivity index (χ2v) is 9.36. The molecule has 3 aromatic rings. The maximum Gasteiger partial charge on any atom is 0.267 e. The van der Waals surface area contributed by atoms with Crippen LogP contribution in [0.15, 0.2) is 28.2 Å². The van der Waals surface area contributed by atoms with Crippen molar-refractivity contribution < 1.29 is 4.79 Å². The van der Waals surface area contributed by atoms with Gasteiger partial charge in [-0.05, 0) is 56.9 Å². The van der Waals surface area contributed by atoms with Crippen LogP contribution in [-0.2, 0) is 4.79 Å². The molecule has 0 radical (unpaired) electrons. The fraction of sp³-hybridized carbons (Fsp3) is 0.409. The Bertz CT molecular complexity index is 1120. The molecule has 0 saturated carbocycles. The summed E-state index contributed by atoms with van der Waals surface area (Å²) < 4.78 is 1.67. The number of nitrogens with zero attached hydrogens (tertiary/aromatic N) is 2. The number of amides is 1. The molecule has 0 bridgehead atoms. The number of carbonyl (C=O) groups excluding carboxylic acids is 1. The number of nitrogens with one attached hydrogen (secondary N) is 1. The van der Waals surface area contributed by atoms with Crippen LogP contribution >= 0.6 is 23.1 Å². The predicted octanol–water partition coefficient (Wildman–Crippen LogP) is 4.69. The molecule has 7 heteroatoms. The van der Waals surface area contributed by atoms with E-state index in [1.54, 1.807) is 4.57 Å². The van der Waals surface area contributed by atoms with Gasteiger partial charge in [0.25, 0.3) is 5.56 Å². The Morgan fingerprint density at radius 1 is 1.21 bits per heavy atom. The first-order valence-corrected chi connectivity index (χ1v) is 11.6. The highest BCUT2D eigenvalue weighted by Crippen LogP contribution is 2.30. The molecule has 1 amide bonds. The summed E-state index contributed by atoms with van der Waals surface area (Å²) in [6, 6.07) is 5.92. The summed E-state index contributed by atoms with van der Waals surface area (Å²) in [5.41, 5.74) is 3.88. The summed E-state index contributed by atoms with van der Waals surface area (Å²) in [6.45, 7) is 10.8. The van der Waals surface area contributed by atoms with Gasteiger partial charge in [0.2, 0.25) is 5.91 Å². The lowest BCUT2D eigenvalue weighted by molar-refractivity contribution is -0.118. The van der Waals surface area contributed by atoms with E-state index in [0.717, 1.165) is 44.9 Å². The molecular formula is C22H27N3O2S2. The third kappa shape index (κ3) is 4.41. The zero-order chi connectivity index (χ0) is 21.1. The number of unbranched alkanes of at least 4 members (excludes halogenated alkanes) is 1. The van der Waals surface area contributed by atoms with Crippen molar-refractivity contribution in [1.29, 1.82) is 0 Å². The molecule has 29 heavy (non-hydrogen) atoms. The Morgan fingerprint density at radius 3 is 2.69 bits per heavy atom. The van der Waals surface area contributed by atoms with Gasteiger partial charge < -0.3 is 5.32 Å². The lowest BCUT2D eigenvalue weighted by Crippen LogP contribution is -2.27. The minimum atomic E-state index is -0.0700. The maximum atomic E-state index is 13.5. The second-order valence-electron chi connectivity index (χ2n) is 7.21. The first kappa shape index (κ1) is 21.6. The number of hydrogen-bond acceptors (Lipinski definition) is 5. The molecule has 154 valence electrons. The van der Waals surface area contributed by atoms with Crippen molar-refractivity contribution >= 4 is 39.2 Å². The van der Waals surface area contributed by atoms with Crippen LogP contribution in [0.1, 0.15) is 41.3 Å². The molecule has 2 aromatic heterocycles. The molecule has 0 aliphatic heterocycles. The van der Waals surface area contributed by atoms with Crippen molar-refractivity contribution in [3.63, 3.8) is 0 Å². The number of aromatic nitrogens is 2. The fourth-order valence-electron chi connectivity index (χ4n) is 3.15. The van der Waals surface area contributed by atoms with Crippen LogP contribution in [0.4, 0.5) is 0 Å². The van der Waals surface area contributed by atoms with Gasteiger partial charge in [-0.2, -0.15) is 0 Å². The van der Waals surface area contributed by atoms with E-state index in [1.807, 2.05) is 45.9 Å². The van der Waals surface area contributed by atoms with Crippen molar-refractivity contribution in [2.24, 2.45) is 0 Å². The quantitative estimate of drug-likeness (QED) is 0.336. The zero-order valence-electron chi connectivity index (χ0n) is 17.6. The fourth-order valence-corrected chi connectivity index (χ4v) is 5.05. The smallest absolute Gasteiger partial charge is 0.267 e. The molecule has 0 saturated heterocycles. The minimum Gasteiger partial charge on any atom is -0.355 e. The summed E-state index contributed by atoms with van der Waals surface area (Å²) in [7, 11) is 0. The van der Waals surface area contributed by atoms with Gasteiger partial charge in [-0.1, -0.05) is 37.2 Å². The molecule has 0 aliphatic rings. The molecule has 1 N–H and O–H groups in total. The van der Waals surface area contributed by atoms with Crippen molar-refractivity contribution in [3.05, 3.63) is 50.1 Å². The number of hydrogen-bond donors (Lipinski definition) is 1. The van der Waals surface area contributed by atoms with E-state index in [1.165, 1.54) is 23.1 Å². The van der Waals surface area contributed by atoms with Crippen molar-refractivity contribution in [3.8, 4) is 5.69 Å². The molecule has 0 fully saturated rings. The molecule has 0 unspecified atom stereocenters. The summed E-state index contributed by atoms with van der Waals surface area (Å²) in [5.74, 6) is 0.194. The molecule has 2 heterocycles. The average molecular weight is 430 g/mol. The SMILES string of the molecule is CCCCNC(=O)CSc1nc2sc(C)c(C)c2c(=O)n1-c1cccc(C)c1C. The van der Waals surface area contributed by atoms with Gasteiger partial charge in [0, 0.05) is 11.4 Å². The Morgan fingerprint density at radius 2 is 1.97 bits per heavy atom. The molecule has 0 atom stereocenters. The average Bonchev–Trinajstić information content (AvgIpc) is 2.97. The van der Waals surface area contributed by atoms with Crippen molar-refractivity contribution in [2.45, 2.75) is 52.6 Å². The van der Waals surface area contributed by atoms with E-state index in [9.17, 15) is 9.59 Å². The van der Waals surface area contributed by atoms with Crippen molar-refractivity contribution in [1.82, 2.24) is 14.9 Å². The first-order valence-electron chi connectivity index (χ1n) is 9.84. The summed E-state index contributed by atoms with van der Waals surface area (Å²) >= 11 is 2.84. The third-order valence-electron chi connectivity index (χ3n) is 5.17. The number of fused-ring (bicyclic) bond motifs is 1. The molecule has 3 rings (SSSR count). The van der Waals surface area contributed by atoms with Crippen LogP contribution in [0, 0.1) is 27.7 Å². The highest BCUT2D eigenvalue weighted by molar-refractivity contribution is 7.99. The standard InChI is InChI=1S/C22H27N3O2S2/c1-6-7-11-23-18(26)12-28-22-24-20-19(15(4)16(5)29-20)21(27)25(22)17-10-8-9-13(2)14(17)3/h8-10H,6-7,11-12H2,1-5H3,(H,23,26). The Balaban J connectivity index is 2.09. The number of thioether (sulfide) groups is 1. The van der Waals surface area contributed by atoms with Crippen LogP contribution in [0.2, 0.25) is 0 Å². The van der Waals surface area contributed by atoms with Crippen LogP contribution in [0.5, 0.6) is 0 Å². The Kier molecular flexibility index (Phi) is 6.80. The zero-order valence-corrected chi connectivity index (χ0v) is 19.2. The normalized spacial score (nSPS) is 11.2. The highest BCUT2D eigenvalue weighted by atomic mass is 32.2. The summed E-state index contributed by atoms with van der Waals surface area (Å²) in [5, 5.41) is 4.16. The lowest BCUT2D eigenvalue weighted by atomic mass is 10.1. The monoisotopic (exact) mass is 429 g/mol. The molecular weight excluding hydrogens is 402 g/mol. The maximum absolute atomic E-state index is 13.5. The van der Waals surface area contributed by atoms with E-state index >= 15 is 0 Å². The van der Waals surface area contributed by atoms with Gasteiger partial charge in [0.1, 0.15) is 4.83 Å². The molecule has 5 nitrogen and oxygen atoms in total. The van der Waals surface area contributed by atoms with Crippen LogP contribution < -0.4 is 10.9 Å². The third-order valence-corrected chi connectivity index (χ3v) is 7.21. The van der Waals surface area contributed by atoms with E-state index in [2.05, 4.69) is 12.2 Å². The van der Waals surface area contributed by atoms with Crippen molar-refractivity contribution in [2.75, 3.05) is 12.3 Å². The Labute approximate surface area is 179 Å². The van der Waals surface area contributed by atoms with E-state index in [4.69, 9.17) is 4.98 Å². The van der Waals surface area contributed by atoms with Gasteiger partial charge in [0.15, 0.2) is 5.16 Å². The summed E-state index contributed by atoms with van der Waals surface area (Å²) in [6.07, 6.45) is 2.00. The number of thiophene rings is 1. The van der Waals surface area contributed by atoms with Gasteiger partial charge in [-0.3, -0.25) is 14.2 Å². The van der Waals surface area contributed by atoms with Crippen LogP contribution in [0.3, 0.4) is 0 Å². The molecule has 0 aliphatic carbocycles. The predicted molar refractivity (Wildman–Crippen MR) is 123 cm³/mol. The Hall–Kier alpha value is -2.12. The number of carbonyl (C=O) groups is 1. The van der Waals surface area contributed by atoms with Gasteiger partial charge >= 0.3 is 0 Å². The summed E-state index contributed by atoms with van der Waals surface area (Å²) in [4.78, 5) is 32.4. The molecule has 0 spiro atoms. The molecule has 1 aromatic carbocycles. The number of rotatable bonds is 7. The van der Waals surface area contributed by atoms with E-state index < -0.39 is 0 Å². The van der Waals surface area contributed by atoms with Gasteiger partial charge in [-0.15, -0.1) is 11.3 Å². The second kappa shape index (κ2) is 9.13.